The van der Waals surface area contributed by atoms with Crippen LogP contribution in [-0.2, 0) is 24.3 Å². The third-order valence-corrected chi connectivity index (χ3v) is 5.17. The molecule has 0 saturated carbocycles. The van der Waals surface area contributed by atoms with E-state index in [-0.39, 0.29) is 18.1 Å². The van der Waals surface area contributed by atoms with Gasteiger partial charge in [0, 0.05) is 9.75 Å². The maximum atomic E-state index is 13.3. The van der Waals surface area contributed by atoms with Gasteiger partial charge in [-0.05, 0) is 40.6 Å². The minimum atomic E-state index is -0.307. The first-order chi connectivity index (χ1) is 11.2. The van der Waals surface area contributed by atoms with Gasteiger partial charge in [-0.3, -0.25) is 4.79 Å². The van der Waals surface area contributed by atoms with Crippen LogP contribution in [0.3, 0.4) is 0 Å². The lowest BCUT2D eigenvalue weighted by molar-refractivity contribution is -0.131. The van der Waals surface area contributed by atoms with E-state index >= 15 is 0 Å². The van der Waals surface area contributed by atoms with Crippen molar-refractivity contribution >= 4 is 28.6 Å². The zero-order valence-corrected chi connectivity index (χ0v) is 14.1. The van der Waals surface area contributed by atoms with Gasteiger partial charge in [0.1, 0.15) is 5.82 Å². The number of nitrogens with zero attached hydrogens (tertiary/aromatic N) is 1. The Morgan fingerprint density at radius 2 is 1.61 bits per heavy atom. The van der Waals surface area contributed by atoms with E-state index in [1.807, 2.05) is 39.9 Å². The van der Waals surface area contributed by atoms with Gasteiger partial charge in [-0.25, -0.2) is 4.39 Å². The Morgan fingerprint density at radius 1 is 0.957 bits per heavy atom. The van der Waals surface area contributed by atoms with E-state index in [0.717, 1.165) is 9.75 Å². The predicted octanol–water partition coefficient (Wildman–Crippen LogP) is 4.72. The first kappa shape index (κ1) is 15.9. The van der Waals surface area contributed by atoms with E-state index in [1.54, 1.807) is 34.8 Å². The second-order valence-electron chi connectivity index (χ2n) is 5.22. The van der Waals surface area contributed by atoms with Crippen LogP contribution in [0.2, 0.25) is 0 Å². The summed E-state index contributed by atoms with van der Waals surface area (Å²) in [5.74, 6) is -0.296. The van der Waals surface area contributed by atoms with Crippen molar-refractivity contribution in [1.29, 1.82) is 0 Å². The number of hydrogen-bond acceptors (Lipinski definition) is 3. The number of carbonyl (C=O) groups is 1. The quantitative estimate of drug-likeness (QED) is 0.633. The summed E-state index contributed by atoms with van der Waals surface area (Å²) in [6.45, 7) is 1.17. The van der Waals surface area contributed by atoms with Crippen molar-refractivity contribution in [2.75, 3.05) is 0 Å². The Labute approximate surface area is 142 Å². The highest BCUT2D eigenvalue weighted by atomic mass is 32.1. The third-order valence-electron chi connectivity index (χ3n) is 3.45. The number of carbonyl (C=O) groups excluding carboxylic acids is 1. The number of thiophene rings is 2. The molecule has 0 N–H and O–H groups in total. The van der Waals surface area contributed by atoms with Crippen molar-refractivity contribution in [2.24, 2.45) is 0 Å². The summed E-state index contributed by atoms with van der Waals surface area (Å²) < 4.78 is 13.3. The van der Waals surface area contributed by atoms with Crippen LogP contribution in [0.15, 0.2) is 59.3 Å². The number of amides is 1. The zero-order valence-electron chi connectivity index (χ0n) is 12.4. The summed E-state index contributed by atoms with van der Waals surface area (Å²) in [7, 11) is 0. The van der Waals surface area contributed by atoms with E-state index < -0.39 is 0 Å². The van der Waals surface area contributed by atoms with Crippen molar-refractivity contribution in [1.82, 2.24) is 4.90 Å². The van der Waals surface area contributed by atoms with Crippen LogP contribution >= 0.6 is 22.7 Å². The monoisotopic (exact) mass is 345 g/mol. The maximum Gasteiger partial charge on any atom is 0.227 e. The van der Waals surface area contributed by atoms with Crippen LogP contribution in [0.1, 0.15) is 15.3 Å². The highest BCUT2D eigenvalue weighted by Crippen LogP contribution is 2.18. The van der Waals surface area contributed by atoms with E-state index in [4.69, 9.17) is 0 Å². The van der Waals surface area contributed by atoms with Crippen LogP contribution in [0.4, 0.5) is 4.39 Å². The number of hydrogen-bond donors (Lipinski definition) is 0. The highest BCUT2D eigenvalue weighted by molar-refractivity contribution is 7.10. The minimum absolute atomic E-state index is 0.0115. The molecule has 1 aromatic carbocycles. The van der Waals surface area contributed by atoms with Gasteiger partial charge in [0.15, 0.2) is 0 Å². The van der Waals surface area contributed by atoms with Gasteiger partial charge in [0.05, 0.1) is 19.5 Å². The normalized spacial score (nSPS) is 10.7. The molecule has 0 saturated heterocycles. The fourth-order valence-corrected chi connectivity index (χ4v) is 3.79. The predicted molar refractivity (Wildman–Crippen MR) is 93.0 cm³/mol. The van der Waals surface area contributed by atoms with E-state index in [1.165, 1.54) is 12.1 Å². The number of rotatable bonds is 6. The zero-order chi connectivity index (χ0) is 16.1. The lowest BCUT2D eigenvalue weighted by Crippen LogP contribution is -2.30. The average Bonchev–Trinajstić information content (AvgIpc) is 3.20. The summed E-state index contributed by atoms with van der Waals surface area (Å²) in [5, 5.41) is 4.02. The summed E-state index contributed by atoms with van der Waals surface area (Å²) in [5.41, 5.74) is 0.706. The topological polar surface area (TPSA) is 20.3 Å². The van der Waals surface area contributed by atoms with Gasteiger partial charge < -0.3 is 4.90 Å². The molecule has 3 aromatic rings. The molecule has 0 bridgehead atoms. The molecule has 23 heavy (non-hydrogen) atoms. The molecule has 2 aromatic heterocycles. The van der Waals surface area contributed by atoms with Crippen molar-refractivity contribution in [2.45, 2.75) is 19.5 Å². The molecule has 0 radical (unpaired) electrons. The average molecular weight is 345 g/mol. The minimum Gasteiger partial charge on any atom is -0.332 e. The van der Waals surface area contributed by atoms with Gasteiger partial charge >= 0.3 is 0 Å². The number of halogens is 1. The van der Waals surface area contributed by atoms with Crippen LogP contribution in [0.5, 0.6) is 0 Å². The molecule has 1 amide bonds. The SMILES string of the molecule is O=C(Cc1cccc(F)c1)N(Cc1cccs1)Cc1cccs1. The Balaban J connectivity index is 1.74. The molecule has 0 aliphatic heterocycles. The molecule has 5 heteroatoms. The molecule has 0 atom stereocenters. The first-order valence-corrected chi connectivity index (χ1v) is 9.03. The summed E-state index contributed by atoms with van der Waals surface area (Å²) >= 11 is 3.28. The standard InChI is InChI=1S/C18H16FNOS2/c19-15-5-1-4-14(10-15)11-18(21)20(12-16-6-2-8-22-16)13-17-7-3-9-23-17/h1-10H,11-13H2. The Kier molecular flexibility index (Phi) is 5.20. The second kappa shape index (κ2) is 7.53. The van der Waals surface area contributed by atoms with Crippen molar-refractivity contribution in [3.8, 4) is 0 Å². The molecule has 0 spiro atoms. The summed E-state index contributed by atoms with van der Waals surface area (Å²) in [6.07, 6.45) is 0.217. The smallest absolute Gasteiger partial charge is 0.227 e. The van der Waals surface area contributed by atoms with Gasteiger partial charge in [-0.2, -0.15) is 0 Å². The molecule has 0 fully saturated rings. The molecule has 2 heterocycles. The first-order valence-electron chi connectivity index (χ1n) is 7.28. The molecular formula is C18H16FNOS2. The van der Waals surface area contributed by atoms with Crippen LogP contribution in [0.25, 0.3) is 0 Å². The Morgan fingerprint density at radius 3 is 2.13 bits per heavy atom. The molecule has 0 aliphatic rings. The van der Waals surface area contributed by atoms with E-state index in [9.17, 15) is 9.18 Å². The molecule has 0 unspecified atom stereocenters. The summed E-state index contributed by atoms with van der Waals surface area (Å²) in [4.78, 5) is 16.8. The largest absolute Gasteiger partial charge is 0.332 e. The Bertz CT molecular complexity index is 717. The van der Waals surface area contributed by atoms with Crippen LogP contribution < -0.4 is 0 Å². The van der Waals surface area contributed by atoms with Crippen LogP contribution in [-0.4, -0.2) is 10.8 Å². The van der Waals surface area contributed by atoms with Gasteiger partial charge in [-0.15, -0.1) is 22.7 Å². The van der Waals surface area contributed by atoms with Gasteiger partial charge in [-0.1, -0.05) is 24.3 Å². The van der Waals surface area contributed by atoms with Gasteiger partial charge in [0.2, 0.25) is 5.91 Å². The van der Waals surface area contributed by atoms with Gasteiger partial charge in [0.25, 0.3) is 0 Å². The number of benzene rings is 1. The molecule has 0 aliphatic carbocycles. The van der Waals surface area contributed by atoms with E-state index in [2.05, 4.69) is 0 Å². The second-order valence-corrected chi connectivity index (χ2v) is 7.28. The molecule has 118 valence electrons. The highest BCUT2D eigenvalue weighted by Gasteiger charge is 2.16. The van der Waals surface area contributed by atoms with Crippen LogP contribution in [0, 0.1) is 5.82 Å². The van der Waals surface area contributed by atoms with E-state index in [0.29, 0.717) is 18.7 Å². The molecular weight excluding hydrogens is 329 g/mol. The summed E-state index contributed by atoms with van der Waals surface area (Å²) in [6, 6.07) is 14.3. The van der Waals surface area contributed by atoms with Crippen molar-refractivity contribution in [3.63, 3.8) is 0 Å². The molecule has 3 rings (SSSR count). The fraction of sp³-hybridized carbons (Fsp3) is 0.167. The molecule has 2 nitrogen and oxygen atoms in total. The maximum absolute atomic E-state index is 13.3. The lowest BCUT2D eigenvalue weighted by Gasteiger charge is -2.21. The lowest BCUT2D eigenvalue weighted by atomic mass is 10.1. The van der Waals surface area contributed by atoms with Crippen molar-refractivity contribution in [3.05, 3.63) is 80.4 Å². The Hall–Kier alpha value is -1.98. The van der Waals surface area contributed by atoms with Crippen molar-refractivity contribution < 1.29 is 9.18 Å². The fourth-order valence-electron chi connectivity index (χ4n) is 2.35. The third kappa shape index (κ3) is 4.50.